The summed E-state index contributed by atoms with van der Waals surface area (Å²) in [4.78, 5) is 16.3. The molecule has 0 radical (unpaired) electrons. The van der Waals surface area contributed by atoms with Gasteiger partial charge in [0.15, 0.2) is 0 Å². The second-order valence-electron chi connectivity index (χ2n) is 6.29. The first-order chi connectivity index (χ1) is 13.2. The number of amides is 1. The van der Waals surface area contributed by atoms with Crippen molar-refractivity contribution in [1.29, 1.82) is 0 Å². The second kappa shape index (κ2) is 7.80. The largest absolute Gasteiger partial charge is 0.416 e. The number of anilines is 1. The maximum absolute atomic E-state index is 13.3. The Hall–Kier alpha value is -3.22. The normalized spacial score (nSPS) is 11.3. The third-order valence-electron chi connectivity index (χ3n) is 4.12. The molecule has 2 aromatic carbocycles. The van der Waals surface area contributed by atoms with Gasteiger partial charge in [-0.05, 0) is 66.1 Å². The predicted octanol–water partition coefficient (Wildman–Crippen LogP) is 5.40. The van der Waals surface area contributed by atoms with E-state index in [9.17, 15) is 22.4 Å². The number of halogens is 4. The number of benzene rings is 2. The molecule has 1 N–H and O–H groups in total. The molecule has 0 spiro atoms. The van der Waals surface area contributed by atoms with Gasteiger partial charge in [0.2, 0.25) is 5.91 Å². The van der Waals surface area contributed by atoms with Gasteiger partial charge in [0.25, 0.3) is 0 Å². The Morgan fingerprint density at radius 3 is 2.36 bits per heavy atom. The number of carbonyl (C=O) groups excluding carboxylic acids is 1. The van der Waals surface area contributed by atoms with Crippen LogP contribution in [0.5, 0.6) is 0 Å². The van der Waals surface area contributed by atoms with Gasteiger partial charge in [-0.25, -0.2) is 4.39 Å². The molecule has 1 heterocycles. The van der Waals surface area contributed by atoms with Crippen LogP contribution in [-0.2, 0) is 17.4 Å². The Kier molecular flexibility index (Phi) is 5.44. The zero-order valence-electron chi connectivity index (χ0n) is 14.8. The monoisotopic (exact) mass is 388 g/mol. The fraction of sp³-hybridized carbons (Fsp3) is 0.143. The third-order valence-corrected chi connectivity index (χ3v) is 4.12. The van der Waals surface area contributed by atoms with Gasteiger partial charge in [0.05, 0.1) is 12.0 Å². The summed E-state index contributed by atoms with van der Waals surface area (Å²) in [5.74, 6) is -1.49. The molecule has 0 aliphatic heterocycles. The summed E-state index contributed by atoms with van der Waals surface area (Å²) >= 11 is 0. The highest BCUT2D eigenvalue weighted by atomic mass is 19.4. The van der Waals surface area contributed by atoms with Crippen molar-refractivity contribution in [3.8, 4) is 11.1 Å². The molecular weight excluding hydrogens is 372 g/mol. The molecule has 0 bridgehead atoms. The average molecular weight is 388 g/mol. The van der Waals surface area contributed by atoms with Crippen molar-refractivity contribution < 1.29 is 22.4 Å². The number of aryl methyl sites for hydroxylation is 1. The molecule has 0 unspecified atom stereocenters. The first-order valence-electron chi connectivity index (χ1n) is 8.41. The van der Waals surface area contributed by atoms with Crippen LogP contribution in [0.3, 0.4) is 0 Å². The Morgan fingerprint density at radius 2 is 1.71 bits per heavy atom. The molecule has 0 fully saturated rings. The zero-order chi connectivity index (χ0) is 20.3. The quantitative estimate of drug-likeness (QED) is 0.609. The second-order valence-corrected chi connectivity index (χ2v) is 6.29. The number of alkyl halides is 3. The number of carbonyl (C=O) groups is 1. The van der Waals surface area contributed by atoms with E-state index in [1.807, 2.05) is 19.1 Å². The van der Waals surface area contributed by atoms with Crippen LogP contribution in [0.2, 0.25) is 0 Å². The molecule has 28 heavy (non-hydrogen) atoms. The summed E-state index contributed by atoms with van der Waals surface area (Å²) < 4.78 is 52.4. The number of aromatic nitrogens is 1. The molecular formula is C21H16F4N2O. The van der Waals surface area contributed by atoms with Crippen molar-refractivity contribution in [3.05, 3.63) is 83.4 Å². The minimum absolute atomic E-state index is 0.408. The lowest BCUT2D eigenvalue weighted by molar-refractivity contribution is -0.138. The first kappa shape index (κ1) is 19.5. The molecule has 7 heteroatoms. The number of nitrogens with zero attached hydrogens (tertiary/aromatic N) is 1. The molecule has 3 aromatic rings. The predicted molar refractivity (Wildman–Crippen MR) is 98.1 cm³/mol. The number of pyridine rings is 1. The van der Waals surface area contributed by atoms with Gasteiger partial charge in [0.1, 0.15) is 5.82 Å². The van der Waals surface area contributed by atoms with Gasteiger partial charge in [-0.15, -0.1) is 0 Å². The average Bonchev–Trinajstić information content (AvgIpc) is 2.61. The number of hydrogen-bond acceptors (Lipinski definition) is 2. The molecule has 0 aliphatic carbocycles. The van der Waals surface area contributed by atoms with Crippen molar-refractivity contribution in [1.82, 2.24) is 4.98 Å². The Morgan fingerprint density at radius 1 is 1.00 bits per heavy atom. The van der Waals surface area contributed by atoms with E-state index in [0.29, 0.717) is 11.8 Å². The number of nitrogens with one attached hydrogen (secondary N) is 1. The molecule has 144 valence electrons. The van der Waals surface area contributed by atoms with Crippen molar-refractivity contribution in [3.63, 3.8) is 0 Å². The molecule has 0 atom stereocenters. The van der Waals surface area contributed by atoms with Gasteiger partial charge in [-0.1, -0.05) is 12.1 Å². The van der Waals surface area contributed by atoms with E-state index in [1.54, 1.807) is 30.5 Å². The summed E-state index contributed by atoms with van der Waals surface area (Å²) in [6.45, 7) is 1.87. The lowest BCUT2D eigenvalue weighted by Crippen LogP contribution is -2.18. The molecule has 3 rings (SSSR count). The van der Waals surface area contributed by atoms with E-state index < -0.39 is 35.4 Å². The minimum Gasteiger partial charge on any atom is -0.326 e. The van der Waals surface area contributed by atoms with Crippen LogP contribution in [0.1, 0.15) is 16.8 Å². The van der Waals surface area contributed by atoms with Crippen LogP contribution in [0.25, 0.3) is 11.1 Å². The van der Waals surface area contributed by atoms with Crippen molar-refractivity contribution in [2.45, 2.75) is 19.5 Å². The number of hydrogen-bond donors (Lipinski definition) is 1. The van der Waals surface area contributed by atoms with Crippen molar-refractivity contribution in [2.75, 3.05) is 5.32 Å². The Labute approximate surface area is 159 Å². The highest BCUT2D eigenvalue weighted by Crippen LogP contribution is 2.32. The zero-order valence-corrected chi connectivity index (χ0v) is 14.8. The van der Waals surface area contributed by atoms with Crippen LogP contribution >= 0.6 is 0 Å². The van der Waals surface area contributed by atoms with E-state index >= 15 is 0 Å². The molecule has 1 aromatic heterocycles. The third kappa shape index (κ3) is 4.73. The standard InChI is InChI=1S/C21H16F4N2O/c1-13-10-15(8-9-26-13)14-2-5-18(6-3-14)27-20(28)12-16-11-17(22)4-7-19(16)21(23,24)25/h2-11H,12H2,1H3,(H,27,28). The highest BCUT2D eigenvalue weighted by Gasteiger charge is 2.33. The minimum atomic E-state index is -4.66. The van der Waals surface area contributed by atoms with Crippen LogP contribution in [0, 0.1) is 12.7 Å². The van der Waals surface area contributed by atoms with E-state index in [-0.39, 0.29) is 0 Å². The smallest absolute Gasteiger partial charge is 0.326 e. The summed E-state index contributed by atoms with van der Waals surface area (Å²) in [5.41, 5.74) is 1.74. The highest BCUT2D eigenvalue weighted by molar-refractivity contribution is 5.92. The summed E-state index contributed by atoms with van der Waals surface area (Å²) in [5, 5.41) is 2.54. The molecule has 1 amide bonds. The summed E-state index contributed by atoms with van der Waals surface area (Å²) in [7, 11) is 0. The van der Waals surface area contributed by atoms with E-state index in [1.165, 1.54) is 0 Å². The topological polar surface area (TPSA) is 42.0 Å². The van der Waals surface area contributed by atoms with Crippen LogP contribution < -0.4 is 5.32 Å². The van der Waals surface area contributed by atoms with Gasteiger partial charge >= 0.3 is 6.18 Å². The fourth-order valence-electron chi connectivity index (χ4n) is 2.83. The molecule has 0 aliphatic rings. The maximum Gasteiger partial charge on any atom is 0.416 e. The van der Waals surface area contributed by atoms with Gasteiger partial charge in [-0.3, -0.25) is 9.78 Å². The maximum atomic E-state index is 13.3. The van der Waals surface area contributed by atoms with Crippen molar-refractivity contribution in [2.24, 2.45) is 0 Å². The number of rotatable bonds is 4. The van der Waals surface area contributed by atoms with Crippen LogP contribution in [0.15, 0.2) is 60.8 Å². The molecule has 3 nitrogen and oxygen atoms in total. The van der Waals surface area contributed by atoms with E-state index in [4.69, 9.17) is 0 Å². The van der Waals surface area contributed by atoms with Crippen LogP contribution in [0.4, 0.5) is 23.2 Å². The Bertz CT molecular complexity index is 998. The van der Waals surface area contributed by atoms with Crippen LogP contribution in [-0.4, -0.2) is 10.9 Å². The van der Waals surface area contributed by atoms with Gasteiger partial charge in [-0.2, -0.15) is 13.2 Å². The van der Waals surface area contributed by atoms with Crippen molar-refractivity contribution >= 4 is 11.6 Å². The molecule has 0 saturated carbocycles. The SMILES string of the molecule is Cc1cc(-c2ccc(NC(=O)Cc3cc(F)ccc3C(F)(F)F)cc2)ccn1. The fourth-order valence-corrected chi connectivity index (χ4v) is 2.83. The lowest BCUT2D eigenvalue weighted by Gasteiger charge is -2.13. The van der Waals surface area contributed by atoms with E-state index in [2.05, 4.69) is 10.3 Å². The summed E-state index contributed by atoms with van der Waals surface area (Å²) in [6.07, 6.45) is -3.55. The lowest BCUT2D eigenvalue weighted by atomic mass is 10.0. The van der Waals surface area contributed by atoms with Gasteiger partial charge < -0.3 is 5.32 Å². The Balaban J connectivity index is 1.73. The first-order valence-corrected chi connectivity index (χ1v) is 8.41. The summed E-state index contributed by atoms with van der Waals surface area (Å²) in [6, 6.07) is 12.7. The molecule has 0 saturated heterocycles. The van der Waals surface area contributed by atoms with Gasteiger partial charge in [0, 0.05) is 17.6 Å². The van der Waals surface area contributed by atoms with E-state index in [0.717, 1.165) is 29.0 Å².